The molecule has 0 aromatic heterocycles. The van der Waals surface area contributed by atoms with Crippen LogP contribution in [0.1, 0.15) is 18.1 Å². The number of nitrogens with zero attached hydrogens (tertiary/aromatic N) is 1. The van der Waals surface area contributed by atoms with Gasteiger partial charge in [0.1, 0.15) is 0 Å². The Kier molecular flexibility index (Phi) is 4.71. The standard InChI is InChI=1S/C13H20N4O/c1-5-10-8-6-7-9(2)11(10)15-13(18)16-12(14)17(3)4/h6-8H,5H2,1-4H3,(H3,14,15,16,18). The summed E-state index contributed by atoms with van der Waals surface area (Å²) in [5.41, 5.74) is 2.92. The fraction of sp³-hybridized carbons (Fsp3) is 0.385. The largest absolute Gasteiger partial charge is 0.349 e. The minimum Gasteiger partial charge on any atom is -0.349 e. The maximum Gasteiger partial charge on any atom is 0.326 e. The minimum atomic E-state index is -0.391. The lowest BCUT2D eigenvalue weighted by molar-refractivity contribution is 0.255. The quantitative estimate of drug-likeness (QED) is 0.554. The van der Waals surface area contributed by atoms with Crippen molar-refractivity contribution in [1.82, 2.24) is 10.2 Å². The van der Waals surface area contributed by atoms with Gasteiger partial charge >= 0.3 is 6.03 Å². The zero-order valence-electron chi connectivity index (χ0n) is 11.3. The van der Waals surface area contributed by atoms with E-state index in [0.29, 0.717) is 0 Å². The van der Waals surface area contributed by atoms with Gasteiger partial charge in [0.2, 0.25) is 0 Å². The molecule has 1 aromatic rings. The topological polar surface area (TPSA) is 68.2 Å². The van der Waals surface area contributed by atoms with Gasteiger partial charge in [0.15, 0.2) is 5.96 Å². The summed E-state index contributed by atoms with van der Waals surface area (Å²) in [4.78, 5) is 13.3. The molecule has 0 radical (unpaired) electrons. The molecule has 2 amide bonds. The van der Waals surface area contributed by atoms with Crippen molar-refractivity contribution in [2.45, 2.75) is 20.3 Å². The predicted molar refractivity (Wildman–Crippen MR) is 74.1 cm³/mol. The van der Waals surface area contributed by atoms with Gasteiger partial charge in [0.25, 0.3) is 0 Å². The first-order chi connectivity index (χ1) is 8.45. The highest BCUT2D eigenvalue weighted by atomic mass is 16.2. The highest BCUT2D eigenvalue weighted by Crippen LogP contribution is 2.20. The zero-order valence-corrected chi connectivity index (χ0v) is 11.3. The van der Waals surface area contributed by atoms with Crippen molar-refractivity contribution in [1.29, 1.82) is 5.41 Å². The molecular weight excluding hydrogens is 228 g/mol. The van der Waals surface area contributed by atoms with Crippen molar-refractivity contribution in [3.8, 4) is 0 Å². The molecule has 0 saturated heterocycles. The third-order valence-corrected chi connectivity index (χ3v) is 2.66. The van der Waals surface area contributed by atoms with Gasteiger partial charge in [-0.3, -0.25) is 10.7 Å². The van der Waals surface area contributed by atoms with E-state index in [2.05, 4.69) is 10.6 Å². The number of guanidine groups is 1. The van der Waals surface area contributed by atoms with Crippen LogP contribution in [0.25, 0.3) is 0 Å². The molecule has 0 heterocycles. The van der Waals surface area contributed by atoms with Crippen molar-refractivity contribution < 1.29 is 4.79 Å². The van der Waals surface area contributed by atoms with Crippen molar-refractivity contribution in [3.05, 3.63) is 29.3 Å². The summed E-state index contributed by atoms with van der Waals surface area (Å²) >= 11 is 0. The molecule has 5 nitrogen and oxygen atoms in total. The predicted octanol–water partition coefficient (Wildman–Crippen LogP) is 2.18. The summed E-state index contributed by atoms with van der Waals surface area (Å²) in [7, 11) is 3.40. The Bertz CT molecular complexity index is 454. The van der Waals surface area contributed by atoms with E-state index in [9.17, 15) is 4.79 Å². The summed E-state index contributed by atoms with van der Waals surface area (Å²) in [6, 6.07) is 5.52. The van der Waals surface area contributed by atoms with E-state index in [1.165, 1.54) is 4.90 Å². The maximum absolute atomic E-state index is 11.8. The van der Waals surface area contributed by atoms with Crippen LogP contribution < -0.4 is 10.6 Å². The first-order valence-electron chi connectivity index (χ1n) is 5.88. The molecule has 5 heteroatoms. The van der Waals surface area contributed by atoms with Crippen LogP contribution in [0.5, 0.6) is 0 Å². The normalized spacial score (nSPS) is 9.78. The Hall–Kier alpha value is -2.04. The highest BCUT2D eigenvalue weighted by molar-refractivity contribution is 6.01. The van der Waals surface area contributed by atoms with Gasteiger partial charge in [0, 0.05) is 19.8 Å². The summed E-state index contributed by atoms with van der Waals surface area (Å²) in [6.07, 6.45) is 0.850. The Morgan fingerprint density at radius 1 is 1.39 bits per heavy atom. The van der Waals surface area contributed by atoms with Crippen molar-refractivity contribution in [2.75, 3.05) is 19.4 Å². The summed E-state index contributed by atoms with van der Waals surface area (Å²) in [5.74, 6) is 0.0548. The molecule has 0 aliphatic rings. The minimum absolute atomic E-state index is 0.0548. The van der Waals surface area contributed by atoms with Crippen LogP contribution >= 0.6 is 0 Å². The number of urea groups is 1. The van der Waals surface area contributed by atoms with E-state index in [0.717, 1.165) is 23.2 Å². The van der Waals surface area contributed by atoms with E-state index in [1.807, 2.05) is 32.0 Å². The van der Waals surface area contributed by atoms with E-state index >= 15 is 0 Å². The number of carbonyl (C=O) groups excluding carboxylic acids is 1. The van der Waals surface area contributed by atoms with Gasteiger partial charge in [0.05, 0.1) is 0 Å². The lowest BCUT2D eigenvalue weighted by Crippen LogP contribution is -2.41. The molecule has 0 saturated carbocycles. The number of anilines is 1. The van der Waals surface area contributed by atoms with E-state index in [1.54, 1.807) is 14.1 Å². The van der Waals surface area contributed by atoms with Gasteiger partial charge in [-0.1, -0.05) is 25.1 Å². The SMILES string of the molecule is CCc1cccc(C)c1NC(=O)NC(=N)N(C)C. The highest BCUT2D eigenvalue weighted by Gasteiger charge is 2.10. The molecule has 0 aliphatic heterocycles. The lowest BCUT2D eigenvalue weighted by Gasteiger charge is -2.17. The number of para-hydroxylation sites is 1. The number of benzene rings is 1. The first kappa shape index (κ1) is 14.0. The van der Waals surface area contributed by atoms with Gasteiger partial charge in [-0.25, -0.2) is 4.79 Å². The smallest absolute Gasteiger partial charge is 0.326 e. The van der Waals surface area contributed by atoms with Crippen LogP contribution in [0.15, 0.2) is 18.2 Å². The number of aryl methyl sites for hydroxylation is 2. The monoisotopic (exact) mass is 248 g/mol. The van der Waals surface area contributed by atoms with Crippen LogP contribution in [0.4, 0.5) is 10.5 Å². The molecule has 0 bridgehead atoms. The Morgan fingerprint density at radius 3 is 2.61 bits per heavy atom. The molecule has 0 atom stereocenters. The Balaban J connectivity index is 2.79. The molecule has 0 spiro atoms. The lowest BCUT2D eigenvalue weighted by atomic mass is 10.1. The molecule has 18 heavy (non-hydrogen) atoms. The Morgan fingerprint density at radius 2 is 2.06 bits per heavy atom. The molecule has 0 aliphatic carbocycles. The average Bonchev–Trinajstić information content (AvgIpc) is 2.31. The maximum atomic E-state index is 11.8. The second kappa shape index (κ2) is 6.05. The number of amides is 2. The summed E-state index contributed by atoms with van der Waals surface area (Å²) in [6.45, 7) is 3.99. The Labute approximate surface area is 108 Å². The van der Waals surface area contributed by atoms with Crippen LogP contribution in [-0.4, -0.2) is 31.0 Å². The third kappa shape index (κ3) is 3.48. The molecule has 98 valence electrons. The van der Waals surface area contributed by atoms with Gasteiger partial charge < -0.3 is 10.2 Å². The molecule has 3 N–H and O–H groups in total. The van der Waals surface area contributed by atoms with Crippen molar-refractivity contribution in [2.24, 2.45) is 0 Å². The molecule has 1 rings (SSSR count). The van der Waals surface area contributed by atoms with Crippen LogP contribution in [0, 0.1) is 12.3 Å². The van der Waals surface area contributed by atoms with Crippen molar-refractivity contribution >= 4 is 17.7 Å². The summed E-state index contributed by atoms with van der Waals surface area (Å²) < 4.78 is 0. The fourth-order valence-corrected chi connectivity index (χ4v) is 1.57. The number of rotatable bonds is 2. The van der Waals surface area contributed by atoms with Gasteiger partial charge in [-0.15, -0.1) is 0 Å². The third-order valence-electron chi connectivity index (χ3n) is 2.66. The van der Waals surface area contributed by atoms with Crippen LogP contribution in [0.2, 0.25) is 0 Å². The van der Waals surface area contributed by atoms with Crippen molar-refractivity contribution in [3.63, 3.8) is 0 Å². The molecule has 1 aromatic carbocycles. The van der Waals surface area contributed by atoms with Gasteiger partial charge in [-0.05, 0) is 24.5 Å². The molecular formula is C13H20N4O. The van der Waals surface area contributed by atoms with Crippen LogP contribution in [-0.2, 0) is 6.42 Å². The average molecular weight is 248 g/mol. The summed E-state index contributed by atoms with van der Waals surface area (Å²) in [5, 5.41) is 12.8. The second-order valence-electron chi connectivity index (χ2n) is 4.28. The molecule has 0 unspecified atom stereocenters. The number of hydrogen-bond acceptors (Lipinski definition) is 2. The van der Waals surface area contributed by atoms with Crippen LogP contribution in [0.3, 0.4) is 0 Å². The zero-order chi connectivity index (χ0) is 13.7. The first-order valence-corrected chi connectivity index (χ1v) is 5.88. The second-order valence-corrected chi connectivity index (χ2v) is 4.28. The number of nitrogens with one attached hydrogen (secondary N) is 3. The number of carbonyl (C=O) groups is 1. The molecule has 0 fully saturated rings. The van der Waals surface area contributed by atoms with E-state index in [4.69, 9.17) is 5.41 Å². The number of hydrogen-bond donors (Lipinski definition) is 3. The fourth-order valence-electron chi connectivity index (χ4n) is 1.57. The van der Waals surface area contributed by atoms with Gasteiger partial charge in [-0.2, -0.15) is 0 Å². The van der Waals surface area contributed by atoms with E-state index < -0.39 is 6.03 Å². The van der Waals surface area contributed by atoms with E-state index in [-0.39, 0.29) is 5.96 Å².